The Hall–Kier alpha value is -3.55. The molecule has 0 aliphatic heterocycles. The first-order chi connectivity index (χ1) is 17.6. The van der Waals surface area contributed by atoms with Gasteiger partial charge in [-0.2, -0.15) is 0 Å². The molecule has 1 N–H and O–H groups in total. The maximum absolute atomic E-state index is 12.5. The summed E-state index contributed by atoms with van der Waals surface area (Å²) >= 11 is 6.08. The molecule has 184 valence electrons. The minimum Gasteiger partial charge on any atom is -0.447 e. The Morgan fingerprint density at radius 3 is 2.75 bits per heavy atom. The van der Waals surface area contributed by atoms with E-state index in [-0.39, 0.29) is 11.9 Å². The Balaban J connectivity index is 1.29. The van der Waals surface area contributed by atoms with Gasteiger partial charge in [0.15, 0.2) is 0 Å². The first kappa shape index (κ1) is 24.2. The van der Waals surface area contributed by atoms with Gasteiger partial charge in [0.1, 0.15) is 6.26 Å². The van der Waals surface area contributed by atoms with Gasteiger partial charge in [0, 0.05) is 31.7 Å². The van der Waals surface area contributed by atoms with Crippen molar-refractivity contribution in [3.8, 4) is 0 Å². The average molecular weight is 502 g/mol. The van der Waals surface area contributed by atoms with Crippen molar-refractivity contribution in [2.24, 2.45) is 0 Å². The molecule has 0 fully saturated rings. The molecule has 1 aliphatic carbocycles. The molecule has 4 aromatic rings. The van der Waals surface area contributed by atoms with Crippen molar-refractivity contribution in [1.82, 2.24) is 25.2 Å². The fraction of sp³-hybridized carbons (Fsp3) is 0.286. The van der Waals surface area contributed by atoms with Crippen LogP contribution in [0, 0.1) is 6.92 Å². The van der Waals surface area contributed by atoms with Crippen LogP contribution in [0.5, 0.6) is 0 Å². The molecule has 5 rings (SSSR count). The van der Waals surface area contributed by atoms with Crippen LogP contribution in [0.15, 0.2) is 71.7 Å². The highest BCUT2D eigenvalue weighted by atomic mass is 35.5. The highest BCUT2D eigenvalue weighted by molar-refractivity contribution is 6.33. The maximum Gasteiger partial charge on any atom is 0.253 e. The van der Waals surface area contributed by atoms with E-state index in [1.807, 2.05) is 31.3 Å². The SMILES string of the molecule is Cc1coc(CN(Cc2ccc(CNC(=O)c3ccncc3Cl)cc2)C2CCCc3cccnc32)n1. The number of halogens is 1. The number of hydrogen-bond acceptors (Lipinski definition) is 6. The summed E-state index contributed by atoms with van der Waals surface area (Å²) in [5.74, 6) is 0.493. The Kier molecular flexibility index (Phi) is 7.39. The molecule has 0 saturated carbocycles. The van der Waals surface area contributed by atoms with Crippen molar-refractivity contribution < 1.29 is 9.21 Å². The lowest BCUT2D eigenvalue weighted by Crippen LogP contribution is -2.31. The first-order valence-electron chi connectivity index (χ1n) is 12.1. The summed E-state index contributed by atoms with van der Waals surface area (Å²) in [5, 5.41) is 3.26. The number of carbonyl (C=O) groups excluding carboxylic acids is 1. The Morgan fingerprint density at radius 2 is 1.97 bits per heavy atom. The predicted octanol–water partition coefficient (Wildman–Crippen LogP) is 5.44. The summed E-state index contributed by atoms with van der Waals surface area (Å²) in [6.45, 7) is 3.70. The number of hydrogen-bond donors (Lipinski definition) is 1. The van der Waals surface area contributed by atoms with Gasteiger partial charge in [0.05, 0.1) is 34.6 Å². The third-order valence-electron chi connectivity index (χ3n) is 6.49. The minimum absolute atomic E-state index is 0.200. The van der Waals surface area contributed by atoms with Gasteiger partial charge in [-0.15, -0.1) is 0 Å². The van der Waals surface area contributed by atoms with E-state index in [1.165, 1.54) is 17.3 Å². The largest absolute Gasteiger partial charge is 0.447 e. The lowest BCUT2D eigenvalue weighted by Gasteiger charge is -2.34. The molecule has 0 radical (unpaired) electrons. The minimum atomic E-state index is -0.220. The van der Waals surface area contributed by atoms with Crippen LogP contribution in [0.2, 0.25) is 5.02 Å². The molecular formula is C28H28ClN5O2. The predicted molar refractivity (Wildman–Crippen MR) is 137 cm³/mol. The normalized spacial score (nSPS) is 15.0. The number of benzene rings is 1. The molecule has 0 bridgehead atoms. The molecule has 36 heavy (non-hydrogen) atoms. The zero-order chi connectivity index (χ0) is 24.9. The fourth-order valence-corrected chi connectivity index (χ4v) is 4.90. The second-order valence-corrected chi connectivity index (χ2v) is 9.51. The van der Waals surface area contributed by atoms with Gasteiger partial charge >= 0.3 is 0 Å². The van der Waals surface area contributed by atoms with Crippen molar-refractivity contribution in [1.29, 1.82) is 0 Å². The van der Waals surface area contributed by atoms with E-state index < -0.39 is 0 Å². The summed E-state index contributed by atoms with van der Waals surface area (Å²) in [5.41, 5.74) is 5.96. The van der Waals surface area contributed by atoms with E-state index in [0.717, 1.165) is 42.8 Å². The molecule has 1 amide bonds. The van der Waals surface area contributed by atoms with Crippen molar-refractivity contribution >= 4 is 17.5 Å². The Bertz CT molecular complexity index is 1340. The van der Waals surface area contributed by atoms with Crippen LogP contribution in [0.3, 0.4) is 0 Å². The highest BCUT2D eigenvalue weighted by Gasteiger charge is 2.28. The monoisotopic (exact) mass is 501 g/mol. The molecule has 1 unspecified atom stereocenters. The van der Waals surface area contributed by atoms with E-state index in [9.17, 15) is 4.79 Å². The van der Waals surface area contributed by atoms with Crippen LogP contribution in [0.1, 0.15) is 63.2 Å². The van der Waals surface area contributed by atoms with Gasteiger partial charge in [0.25, 0.3) is 5.91 Å². The van der Waals surface area contributed by atoms with Crippen LogP contribution >= 0.6 is 11.6 Å². The Labute approximate surface area is 215 Å². The van der Waals surface area contributed by atoms with Crippen molar-refractivity contribution in [2.75, 3.05) is 0 Å². The van der Waals surface area contributed by atoms with E-state index >= 15 is 0 Å². The number of aryl methyl sites for hydroxylation is 2. The molecule has 3 heterocycles. The number of amides is 1. The topological polar surface area (TPSA) is 84.2 Å². The average Bonchev–Trinajstić information content (AvgIpc) is 3.32. The number of oxazole rings is 1. The second-order valence-electron chi connectivity index (χ2n) is 9.10. The number of aromatic nitrogens is 3. The molecule has 8 heteroatoms. The molecule has 1 aromatic carbocycles. The number of nitrogens with one attached hydrogen (secondary N) is 1. The molecule has 0 spiro atoms. The highest BCUT2D eigenvalue weighted by Crippen LogP contribution is 2.34. The molecule has 0 saturated heterocycles. The van der Waals surface area contributed by atoms with E-state index in [4.69, 9.17) is 21.0 Å². The molecule has 3 aromatic heterocycles. The van der Waals surface area contributed by atoms with Crippen molar-refractivity contribution in [2.45, 2.75) is 51.9 Å². The van der Waals surface area contributed by atoms with Crippen LogP contribution < -0.4 is 5.32 Å². The summed E-state index contributed by atoms with van der Waals surface area (Å²) in [4.78, 5) is 28.1. The molecular weight excluding hydrogens is 474 g/mol. The zero-order valence-corrected chi connectivity index (χ0v) is 20.9. The Morgan fingerprint density at radius 1 is 1.14 bits per heavy atom. The van der Waals surface area contributed by atoms with Crippen LogP contribution in [-0.2, 0) is 26.1 Å². The number of pyridine rings is 2. The van der Waals surface area contributed by atoms with Gasteiger partial charge in [-0.3, -0.25) is 19.7 Å². The third-order valence-corrected chi connectivity index (χ3v) is 6.79. The fourth-order valence-electron chi connectivity index (χ4n) is 4.70. The van der Waals surface area contributed by atoms with Crippen molar-refractivity contribution in [3.63, 3.8) is 0 Å². The van der Waals surface area contributed by atoms with Gasteiger partial charge < -0.3 is 9.73 Å². The van der Waals surface area contributed by atoms with E-state index in [2.05, 4.69) is 38.4 Å². The zero-order valence-electron chi connectivity index (χ0n) is 20.2. The van der Waals surface area contributed by atoms with Gasteiger partial charge in [-0.25, -0.2) is 4.98 Å². The number of fused-ring (bicyclic) bond motifs is 1. The summed E-state index contributed by atoms with van der Waals surface area (Å²) in [6.07, 6.45) is 9.85. The lowest BCUT2D eigenvalue weighted by atomic mass is 9.90. The summed E-state index contributed by atoms with van der Waals surface area (Å²) in [6, 6.07) is 14.3. The van der Waals surface area contributed by atoms with Gasteiger partial charge in [-0.05, 0) is 55.0 Å². The van der Waals surface area contributed by atoms with E-state index in [0.29, 0.717) is 29.6 Å². The number of rotatable bonds is 8. The van der Waals surface area contributed by atoms with Gasteiger partial charge in [0.2, 0.25) is 5.89 Å². The van der Waals surface area contributed by atoms with Crippen molar-refractivity contribution in [3.05, 3.63) is 112 Å². The first-order valence-corrected chi connectivity index (χ1v) is 12.5. The van der Waals surface area contributed by atoms with Crippen LogP contribution in [-0.4, -0.2) is 25.8 Å². The summed E-state index contributed by atoms with van der Waals surface area (Å²) < 4.78 is 5.70. The standard InChI is InChI=1S/C28H28ClN5O2/c1-19-18-36-26(33-19)17-34(25-6-2-4-22-5-3-12-31-27(22)25)16-21-9-7-20(8-10-21)14-32-28(35)23-11-13-30-15-24(23)29/h3,5,7-13,15,18,25H,2,4,6,14,16-17H2,1H3,(H,32,35). The molecule has 1 aliphatic rings. The third kappa shape index (κ3) is 5.64. The smallest absolute Gasteiger partial charge is 0.253 e. The lowest BCUT2D eigenvalue weighted by molar-refractivity contribution is 0.0951. The van der Waals surface area contributed by atoms with E-state index in [1.54, 1.807) is 18.5 Å². The maximum atomic E-state index is 12.5. The molecule has 1 atom stereocenters. The van der Waals surface area contributed by atoms with Crippen LogP contribution in [0.25, 0.3) is 0 Å². The number of nitrogens with zero attached hydrogens (tertiary/aromatic N) is 4. The summed E-state index contributed by atoms with van der Waals surface area (Å²) in [7, 11) is 0. The number of carbonyl (C=O) groups is 1. The van der Waals surface area contributed by atoms with Crippen LogP contribution in [0.4, 0.5) is 0 Å². The quantitative estimate of drug-likeness (QED) is 0.346. The second kappa shape index (κ2) is 11.0. The van der Waals surface area contributed by atoms with Gasteiger partial charge in [-0.1, -0.05) is 41.9 Å². The molecule has 7 nitrogen and oxygen atoms in total.